The summed E-state index contributed by atoms with van der Waals surface area (Å²) in [4.78, 5) is 20.3. The summed E-state index contributed by atoms with van der Waals surface area (Å²) in [5.41, 5.74) is 20.7. The van der Waals surface area contributed by atoms with Gasteiger partial charge in [-0.2, -0.15) is 0 Å². The molecule has 8 nitrogen and oxygen atoms in total. The molecular weight excluding hydrogens is 452 g/mol. The van der Waals surface area contributed by atoms with Crippen molar-refractivity contribution in [2.24, 2.45) is 5.73 Å². The number of amides is 1. The Kier molecular flexibility index (Phi) is 10.9. The number of nitrogen functional groups attached to an aromatic ring is 2. The van der Waals surface area contributed by atoms with Gasteiger partial charge < -0.3 is 27.3 Å². The number of alkyl carbamates (subject to hydrolysis) is 1. The normalized spacial score (nSPS) is 14.8. The summed E-state index contributed by atoms with van der Waals surface area (Å²) in [6, 6.07) is 7.48. The molecule has 2 saturated carbocycles. The zero-order valence-electron chi connectivity index (χ0n) is 21.8. The summed E-state index contributed by atoms with van der Waals surface area (Å²) >= 11 is 0. The van der Waals surface area contributed by atoms with Crippen LogP contribution in [0.15, 0.2) is 24.3 Å². The summed E-state index contributed by atoms with van der Waals surface area (Å²) in [5.74, 6) is 2.27. The number of hydrogen-bond donors (Lipinski definition) is 4. The topological polar surface area (TPSA) is 142 Å². The van der Waals surface area contributed by atoms with E-state index in [9.17, 15) is 4.79 Å². The zero-order valence-corrected chi connectivity index (χ0v) is 21.6. The molecule has 2 aromatic rings. The first-order valence-corrected chi connectivity index (χ1v) is 11.5. The molecule has 9 heteroatoms. The highest BCUT2D eigenvalue weighted by molar-refractivity contribution is 5.85. The van der Waals surface area contributed by atoms with Crippen LogP contribution in [-0.2, 0) is 17.8 Å². The Bertz CT molecular complexity index is 946. The molecule has 34 heavy (non-hydrogen) atoms. The van der Waals surface area contributed by atoms with Gasteiger partial charge in [0.05, 0.1) is 11.4 Å². The van der Waals surface area contributed by atoms with Gasteiger partial charge in [-0.25, -0.2) is 14.8 Å². The third-order valence-corrected chi connectivity index (χ3v) is 5.04. The van der Waals surface area contributed by atoms with E-state index >= 15 is 0 Å². The Morgan fingerprint density at radius 2 is 1.47 bits per heavy atom. The molecule has 0 saturated heterocycles. The van der Waals surface area contributed by atoms with Gasteiger partial charge in [-0.05, 0) is 69.7 Å². The molecule has 0 atom stereocenters. The number of pyridine rings is 2. The zero-order chi connectivity index (χ0) is 25.3. The predicted octanol–water partition coefficient (Wildman–Crippen LogP) is 5.01. The lowest BCUT2D eigenvalue weighted by Crippen LogP contribution is -2.32. The smallest absolute Gasteiger partial charge is 0.407 e. The van der Waals surface area contributed by atoms with E-state index in [2.05, 4.69) is 15.3 Å². The summed E-state index contributed by atoms with van der Waals surface area (Å²) < 4.78 is 11.4. The summed E-state index contributed by atoms with van der Waals surface area (Å²) in [5, 5.41) is 2.76. The number of aromatic nitrogens is 2. The lowest BCUT2D eigenvalue weighted by Gasteiger charge is -2.20. The Hall–Kier alpha value is -2.58. The van der Waals surface area contributed by atoms with Crippen molar-refractivity contribution in [1.29, 1.82) is 0 Å². The highest BCUT2D eigenvalue weighted by atomic mass is 35.5. The largest absolute Gasteiger partial charge is 0.444 e. The number of nitrogens with one attached hydrogen (secondary N) is 1. The Morgan fingerprint density at radius 1 is 1.03 bits per heavy atom. The maximum Gasteiger partial charge on any atom is 0.407 e. The van der Waals surface area contributed by atoms with E-state index in [0.29, 0.717) is 43.5 Å². The average Bonchev–Trinajstić information content (AvgIpc) is 3.66. The van der Waals surface area contributed by atoms with Gasteiger partial charge in [0.15, 0.2) is 0 Å². The van der Waals surface area contributed by atoms with Gasteiger partial charge in [0.1, 0.15) is 17.2 Å². The molecule has 0 radical (unpaired) electrons. The molecule has 190 valence electrons. The van der Waals surface area contributed by atoms with E-state index < -0.39 is 11.7 Å². The molecule has 0 spiro atoms. The Morgan fingerprint density at radius 3 is 1.88 bits per heavy atom. The number of carbonyl (C=O) groups excluding carboxylic acids is 1. The van der Waals surface area contributed by atoms with Crippen molar-refractivity contribution in [3.05, 3.63) is 46.8 Å². The molecule has 2 aliphatic rings. The highest BCUT2D eigenvalue weighted by Crippen LogP contribution is 2.41. The number of halogens is 1. The van der Waals surface area contributed by atoms with E-state index in [1.807, 2.05) is 39.0 Å². The standard InChI is InChI=1S/C14H21N3O2.C9H13N3.C2H6.ClH/c1-14(2,3)19-13(18)16-8-10-6-7-11(15)17-12(10)9-4-5-9;10-5-7-3-4-8(11)12-9(7)6-1-2-6;1-2;/h6-7,9H,4-5,8H2,1-3H3,(H2,15,17)(H,16,18);3-4,6H,1-2,5,10H2,(H2,11,12);1-2H3;1H/i;;1D;. The first-order valence-electron chi connectivity index (χ1n) is 12.2. The van der Waals surface area contributed by atoms with Gasteiger partial charge in [0.2, 0.25) is 0 Å². The second-order valence-electron chi connectivity index (χ2n) is 9.17. The molecule has 7 N–H and O–H groups in total. The number of ether oxygens (including phenoxy) is 1. The average molecular weight is 494 g/mol. The fourth-order valence-electron chi connectivity index (χ4n) is 3.26. The summed E-state index contributed by atoms with van der Waals surface area (Å²) in [7, 11) is 0. The van der Waals surface area contributed by atoms with Crippen LogP contribution >= 0.6 is 12.4 Å². The molecule has 1 amide bonds. The van der Waals surface area contributed by atoms with Crippen molar-refractivity contribution in [2.75, 3.05) is 11.5 Å². The molecule has 2 aliphatic carbocycles. The minimum absolute atomic E-state index is 0. The SMILES string of the molecule is CC(C)(C)OC(=O)NCc1ccc(N)nc1C1CC1.Cl.NCc1ccc(N)nc1C1CC1.[2H]CC. The number of hydrogen-bond acceptors (Lipinski definition) is 7. The fraction of sp³-hybridized carbons (Fsp3) is 0.560. The van der Waals surface area contributed by atoms with Gasteiger partial charge in [-0.1, -0.05) is 26.0 Å². The van der Waals surface area contributed by atoms with Crippen LogP contribution in [0.3, 0.4) is 0 Å². The molecule has 2 fully saturated rings. The van der Waals surface area contributed by atoms with Crippen LogP contribution < -0.4 is 22.5 Å². The molecule has 2 aromatic heterocycles. The first-order chi connectivity index (χ1) is 16.1. The molecular formula is C25H41ClN6O2. The maximum atomic E-state index is 11.6. The third-order valence-electron chi connectivity index (χ3n) is 5.04. The highest BCUT2D eigenvalue weighted by Gasteiger charge is 2.28. The minimum atomic E-state index is -0.483. The van der Waals surface area contributed by atoms with Crippen LogP contribution in [0.5, 0.6) is 0 Å². The van der Waals surface area contributed by atoms with E-state index in [1.165, 1.54) is 12.8 Å². The van der Waals surface area contributed by atoms with E-state index in [4.69, 9.17) is 23.3 Å². The molecule has 0 bridgehead atoms. The van der Waals surface area contributed by atoms with Gasteiger partial charge in [0, 0.05) is 26.3 Å². The predicted molar refractivity (Wildman–Crippen MR) is 141 cm³/mol. The summed E-state index contributed by atoms with van der Waals surface area (Å²) in [6.07, 6.45) is 4.37. The molecule has 4 rings (SSSR count). The monoisotopic (exact) mass is 493 g/mol. The van der Waals surface area contributed by atoms with Crippen LogP contribution in [0.25, 0.3) is 0 Å². The maximum absolute atomic E-state index is 11.6. The second-order valence-corrected chi connectivity index (χ2v) is 9.17. The quantitative estimate of drug-likeness (QED) is 0.458. The van der Waals surface area contributed by atoms with Crippen molar-refractivity contribution in [3.63, 3.8) is 0 Å². The van der Waals surface area contributed by atoms with Crippen LogP contribution in [0, 0.1) is 0 Å². The molecule has 0 aliphatic heterocycles. The molecule has 0 aromatic carbocycles. The number of anilines is 2. The summed E-state index contributed by atoms with van der Waals surface area (Å²) in [6.45, 7) is 8.81. The van der Waals surface area contributed by atoms with Gasteiger partial charge in [-0.15, -0.1) is 12.4 Å². The number of nitrogens with two attached hydrogens (primary N) is 3. The molecule has 2 heterocycles. The number of carbonyl (C=O) groups is 1. The van der Waals surface area contributed by atoms with Gasteiger partial charge in [-0.3, -0.25) is 0 Å². The van der Waals surface area contributed by atoms with Crippen LogP contribution in [0.1, 0.15) is 96.0 Å². The van der Waals surface area contributed by atoms with Crippen LogP contribution in [0.4, 0.5) is 16.4 Å². The van der Waals surface area contributed by atoms with Crippen LogP contribution in [-0.4, -0.2) is 21.7 Å². The first kappa shape index (κ1) is 27.7. The number of rotatable bonds is 5. The fourth-order valence-corrected chi connectivity index (χ4v) is 3.26. The number of nitrogens with zero attached hydrogens (tertiary/aromatic N) is 2. The van der Waals surface area contributed by atoms with E-state index in [-0.39, 0.29) is 12.4 Å². The van der Waals surface area contributed by atoms with Crippen molar-refractivity contribution >= 4 is 30.1 Å². The third kappa shape index (κ3) is 9.73. The van der Waals surface area contributed by atoms with Crippen molar-refractivity contribution in [2.45, 2.75) is 90.8 Å². The van der Waals surface area contributed by atoms with Crippen molar-refractivity contribution in [1.82, 2.24) is 15.3 Å². The van der Waals surface area contributed by atoms with Crippen LogP contribution in [0.2, 0.25) is 0 Å². The van der Waals surface area contributed by atoms with E-state index in [1.54, 1.807) is 13.0 Å². The minimum Gasteiger partial charge on any atom is -0.444 e. The Labute approximate surface area is 211 Å². The van der Waals surface area contributed by atoms with Gasteiger partial charge >= 0.3 is 6.09 Å². The van der Waals surface area contributed by atoms with E-state index in [0.717, 1.165) is 35.4 Å². The lowest BCUT2D eigenvalue weighted by atomic mass is 10.1. The van der Waals surface area contributed by atoms with Crippen molar-refractivity contribution in [3.8, 4) is 0 Å². The second kappa shape index (κ2) is 13.3. The lowest BCUT2D eigenvalue weighted by molar-refractivity contribution is 0.0523. The Balaban J connectivity index is 0.000000329. The molecule has 0 unspecified atom stereocenters. The van der Waals surface area contributed by atoms with Gasteiger partial charge in [0.25, 0.3) is 0 Å². The van der Waals surface area contributed by atoms with Crippen molar-refractivity contribution < 1.29 is 10.9 Å².